The summed E-state index contributed by atoms with van der Waals surface area (Å²) in [5.41, 5.74) is 0.919. The highest BCUT2D eigenvalue weighted by molar-refractivity contribution is 6.30. The van der Waals surface area contributed by atoms with Crippen LogP contribution in [0.15, 0.2) is 42.6 Å². The van der Waals surface area contributed by atoms with Gasteiger partial charge in [0.05, 0.1) is 5.02 Å². The van der Waals surface area contributed by atoms with Crippen LogP contribution in [0.1, 0.15) is 42.5 Å². The Morgan fingerprint density at radius 3 is 2.59 bits per heavy atom. The van der Waals surface area contributed by atoms with Gasteiger partial charge in [0.2, 0.25) is 0 Å². The molecular weight excluding hydrogens is 390 g/mol. The van der Waals surface area contributed by atoms with Crippen molar-refractivity contribution in [1.29, 1.82) is 0 Å². The molecule has 0 unspecified atom stereocenters. The molecule has 1 aromatic carbocycles. The maximum absolute atomic E-state index is 12.4. The van der Waals surface area contributed by atoms with Crippen molar-refractivity contribution in [1.82, 2.24) is 15.6 Å². The zero-order valence-corrected chi connectivity index (χ0v) is 17.2. The summed E-state index contributed by atoms with van der Waals surface area (Å²) in [4.78, 5) is 28.8. The standard InChI is InChI=1S/C21H26ClN5O2/c1-23-21(10-3-2-4-11-21)14-25-20(29)26-17-7-5-6-15(12-17)19(28)27-18-9-8-16(22)13-24-18/h5-9,12-13,23H,2-4,10-11,14H2,1H3,(H,24,27,28)(H2,25,26,29). The molecule has 0 aliphatic heterocycles. The Balaban J connectivity index is 1.56. The number of anilines is 2. The Kier molecular flexibility index (Phi) is 7.06. The lowest BCUT2D eigenvalue weighted by atomic mass is 9.82. The SMILES string of the molecule is CNC1(CNC(=O)Nc2cccc(C(=O)Nc3ccc(Cl)cn3)c2)CCCCC1. The zero-order chi connectivity index (χ0) is 20.7. The number of likely N-dealkylation sites (N-methyl/N-ethyl adjacent to an activating group) is 1. The largest absolute Gasteiger partial charge is 0.336 e. The molecule has 0 saturated heterocycles. The van der Waals surface area contributed by atoms with Crippen LogP contribution in [0.25, 0.3) is 0 Å². The number of rotatable bonds is 6. The smallest absolute Gasteiger partial charge is 0.319 e. The molecule has 1 heterocycles. The van der Waals surface area contributed by atoms with E-state index >= 15 is 0 Å². The second-order valence-electron chi connectivity index (χ2n) is 7.30. The van der Waals surface area contributed by atoms with Crippen molar-refractivity contribution in [3.8, 4) is 0 Å². The summed E-state index contributed by atoms with van der Waals surface area (Å²) >= 11 is 5.80. The zero-order valence-electron chi connectivity index (χ0n) is 16.4. The number of urea groups is 1. The molecule has 7 nitrogen and oxygen atoms in total. The molecule has 2 aromatic rings. The first kappa shape index (κ1) is 21.1. The van der Waals surface area contributed by atoms with E-state index in [0.717, 1.165) is 12.8 Å². The lowest BCUT2D eigenvalue weighted by molar-refractivity contribution is 0.102. The lowest BCUT2D eigenvalue weighted by Gasteiger charge is -2.37. The van der Waals surface area contributed by atoms with Crippen LogP contribution < -0.4 is 21.3 Å². The molecule has 1 aliphatic carbocycles. The van der Waals surface area contributed by atoms with Crippen LogP contribution in [-0.2, 0) is 0 Å². The molecule has 0 radical (unpaired) electrons. The molecule has 0 atom stereocenters. The van der Waals surface area contributed by atoms with Crippen LogP contribution in [0.2, 0.25) is 5.02 Å². The molecule has 1 fully saturated rings. The summed E-state index contributed by atoms with van der Waals surface area (Å²) in [5, 5.41) is 12.3. The molecule has 29 heavy (non-hydrogen) atoms. The van der Waals surface area contributed by atoms with Crippen molar-refractivity contribution in [2.45, 2.75) is 37.6 Å². The molecule has 3 amide bonds. The van der Waals surface area contributed by atoms with Gasteiger partial charge in [-0.25, -0.2) is 9.78 Å². The van der Waals surface area contributed by atoms with E-state index in [1.54, 1.807) is 36.4 Å². The first-order valence-corrected chi connectivity index (χ1v) is 10.1. The maximum Gasteiger partial charge on any atom is 0.319 e. The topological polar surface area (TPSA) is 95.1 Å². The molecule has 4 N–H and O–H groups in total. The van der Waals surface area contributed by atoms with E-state index in [1.807, 2.05) is 7.05 Å². The Labute approximate surface area is 175 Å². The maximum atomic E-state index is 12.4. The summed E-state index contributed by atoms with van der Waals surface area (Å²) in [6.45, 7) is 0.567. The minimum atomic E-state index is -0.319. The molecule has 1 aromatic heterocycles. The van der Waals surface area contributed by atoms with Gasteiger partial charge in [-0.05, 0) is 50.2 Å². The van der Waals surface area contributed by atoms with Crippen LogP contribution in [0.4, 0.5) is 16.3 Å². The third-order valence-corrected chi connectivity index (χ3v) is 5.50. The highest BCUT2D eigenvalue weighted by atomic mass is 35.5. The molecular formula is C21H26ClN5O2. The fourth-order valence-corrected chi connectivity index (χ4v) is 3.66. The van der Waals surface area contributed by atoms with E-state index in [4.69, 9.17) is 11.6 Å². The van der Waals surface area contributed by atoms with E-state index in [-0.39, 0.29) is 17.5 Å². The van der Waals surface area contributed by atoms with Gasteiger partial charge in [-0.3, -0.25) is 4.79 Å². The first-order chi connectivity index (χ1) is 14.0. The summed E-state index contributed by atoms with van der Waals surface area (Å²) < 4.78 is 0. The van der Waals surface area contributed by atoms with E-state index < -0.39 is 0 Å². The number of carbonyl (C=O) groups is 2. The van der Waals surface area contributed by atoms with Crippen molar-refractivity contribution < 1.29 is 9.59 Å². The Morgan fingerprint density at radius 1 is 1.10 bits per heavy atom. The van der Waals surface area contributed by atoms with Crippen molar-refractivity contribution in [2.75, 3.05) is 24.2 Å². The average molecular weight is 416 g/mol. The quantitative estimate of drug-likeness (QED) is 0.572. The summed E-state index contributed by atoms with van der Waals surface area (Å²) in [6.07, 6.45) is 7.16. The molecule has 1 saturated carbocycles. The number of hydrogen-bond acceptors (Lipinski definition) is 4. The van der Waals surface area contributed by atoms with Gasteiger partial charge in [-0.15, -0.1) is 0 Å². The predicted octanol–water partition coefficient (Wildman–Crippen LogP) is 4.03. The Bertz CT molecular complexity index is 850. The number of halogens is 1. The van der Waals surface area contributed by atoms with Gasteiger partial charge in [0.25, 0.3) is 5.91 Å². The average Bonchev–Trinajstić information content (AvgIpc) is 2.75. The number of amides is 3. The van der Waals surface area contributed by atoms with Gasteiger partial charge in [0, 0.05) is 29.5 Å². The van der Waals surface area contributed by atoms with E-state index in [9.17, 15) is 9.59 Å². The van der Waals surface area contributed by atoms with Crippen molar-refractivity contribution in [2.24, 2.45) is 0 Å². The minimum Gasteiger partial charge on any atom is -0.336 e. The number of nitrogens with one attached hydrogen (secondary N) is 4. The number of aromatic nitrogens is 1. The molecule has 0 spiro atoms. The highest BCUT2D eigenvalue weighted by Crippen LogP contribution is 2.27. The van der Waals surface area contributed by atoms with Gasteiger partial charge in [0.1, 0.15) is 5.82 Å². The monoisotopic (exact) mass is 415 g/mol. The van der Waals surface area contributed by atoms with Gasteiger partial charge < -0.3 is 21.3 Å². The van der Waals surface area contributed by atoms with Gasteiger partial charge in [0.15, 0.2) is 0 Å². The molecule has 0 bridgehead atoms. The second kappa shape index (κ2) is 9.71. The van der Waals surface area contributed by atoms with Crippen LogP contribution >= 0.6 is 11.6 Å². The normalized spacial score (nSPS) is 15.4. The van der Waals surface area contributed by atoms with Crippen LogP contribution in [-0.4, -0.2) is 36.1 Å². The number of benzene rings is 1. The van der Waals surface area contributed by atoms with Crippen molar-refractivity contribution >= 4 is 35.0 Å². The predicted molar refractivity (Wildman–Crippen MR) is 116 cm³/mol. The summed E-state index contributed by atoms with van der Waals surface area (Å²) in [5.74, 6) is 0.0839. The number of pyridine rings is 1. The molecule has 3 rings (SSSR count). The Hall–Kier alpha value is -2.64. The van der Waals surface area contributed by atoms with Crippen LogP contribution in [0.3, 0.4) is 0 Å². The lowest BCUT2D eigenvalue weighted by Crippen LogP contribution is -2.53. The third kappa shape index (κ3) is 5.92. The molecule has 8 heteroatoms. The Morgan fingerprint density at radius 2 is 1.90 bits per heavy atom. The minimum absolute atomic E-state index is 0.0388. The molecule has 154 valence electrons. The second-order valence-corrected chi connectivity index (χ2v) is 7.73. The van der Waals surface area contributed by atoms with Crippen LogP contribution in [0.5, 0.6) is 0 Å². The third-order valence-electron chi connectivity index (χ3n) is 5.28. The number of carbonyl (C=O) groups excluding carboxylic acids is 2. The van der Waals surface area contributed by atoms with E-state index in [1.165, 1.54) is 25.5 Å². The van der Waals surface area contributed by atoms with Crippen molar-refractivity contribution in [3.05, 3.63) is 53.2 Å². The van der Waals surface area contributed by atoms with E-state index in [2.05, 4.69) is 26.3 Å². The van der Waals surface area contributed by atoms with Crippen LogP contribution in [0, 0.1) is 0 Å². The summed E-state index contributed by atoms with van der Waals surface area (Å²) in [7, 11) is 1.95. The summed E-state index contributed by atoms with van der Waals surface area (Å²) in [6, 6.07) is 9.74. The molecule has 1 aliphatic rings. The van der Waals surface area contributed by atoms with E-state index in [0.29, 0.717) is 28.6 Å². The van der Waals surface area contributed by atoms with Gasteiger partial charge >= 0.3 is 6.03 Å². The van der Waals surface area contributed by atoms with Gasteiger partial charge in [-0.2, -0.15) is 0 Å². The number of nitrogens with zero attached hydrogens (tertiary/aromatic N) is 1. The fraction of sp³-hybridized carbons (Fsp3) is 0.381. The fourth-order valence-electron chi connectivity index (χ4n) is 3.54. The van der Waals surface area contributed by atoms with Gasteiger partial charge in [-0.1, -0.05) is 36.9 Å². The number of hydrogen-bond donors (Lipinski definition) is 4. The highest BCUT2D eigenvalue weighted by Gasteiger charge is 2.30. The van der Waals surface area contributed by atoms with Crippen molar-refractivity contribution in [3.63, 3.8) is 0 Å². The first-order valence-electron chi connectivity index (χ1n) is 9.76.